The molecule has 0 saturated carbocycles. The van der Waals surface area contributed by atoms with Crippen molar-refractivity contribution in [2.45, 2.75) is 51.8 Å². The van der Waals surface area contributed by atoms with E-state index < -0.39 is 24.6 Å². The number of halogens is 6. The average Bonchev–Trinajstić information content (AvgIpc) is 2.17. The van der Waals surface area contributed by atoms with E-state index in [9.17, 15) is 26.3 Å². The fraction of sp³-hybridized carbons (Fsp3) is 1.00. The Hall–Kier alpha value is -0.500. The third kappa shape index (κ3) is 8.30. The highest BCUT2D eigenvalue weighted by Gasteiger charge is 2.58. The van der Waals surface area contributed by atoms with Crippen LogP contribution in [0.5, 0.6) is 0 Å². The molecule has 1 N–H and O–H groups in total. The van der Waals surface area contributed by atoms with Crippen LogP contribution in [-0.4, -0.2) is 37.7 Å². The zero-order valence-electron chi connectivity index (χ0n) is 11.0. The minimum atomic E-state index is -5.45. The van der Waals surface area contributed by atoms with E-state index in [4.69, 9.17) is 0 Å². The lowest BCUT2D eigenvalue weighted by Gasteiger charge is -2.26. The summed E-state index contributed by atoms with van der Waals surface area (Å²) in [6.07, 6.45) is -15.0. The van der Waals surface area contributed by atoms with Crippen LogP contribution in [0.4, 0.5) is 26.3 Å². The van der Waals surface area contributed by atoms with Crippen molar-refractivity contribution >= 4 is 0 Å². The molecule has 0 aliphatic heterocycles. The molecule has 19 heavy (non-hydrogen) atoms. The summed E-state index contributed by atoms with van der Waals surface area (Å²) in [6, 6.07) is 0. The molecule has 0 rings (SSSR count). The van der Waals surface area contributed by atoms with Crippen LogP contribution in [0.3, 0.4) is 0 Å². The van der Waals surface area contributed by atoms with Gasteiger partial charge in [-0.2, -0.15) is 26.3 Å². The zero-order valence-corrected chi connectivity index (χ0v) is 11.0. The SMILES string of the molecule is CC(C)CCNCC(C)OC(C(F)(F)F)C(F)(F)F. The van der Waals surface area contributed by atoms with Gasteiger partial charge in [0.1, 0.15) is 0 Å². The van der Waals surface area contributed by atoms with Crippen LogP contribution >= 0.6 is 0 Å². The van der Waals surface area contributed by atoms with Gasteiger partial charge in [-0.3, -0.25) is 0 Å². The fourth-order valence-corrected chi connectivity index (χ4v) is 1.32. The Balaban J connectivity index is 4.23. The van der Waals surface area contributed by atoms with E-state index in [1.165, 1.54) is 6.92 Å². The van der Waals surface area contributed by atoms with Gasteiger partial charge in [-0.05, 0) is 25.8 Å². The van der Waals surface area contributed by atoms with Gasteiger partial charge in [-0.25, -0.2) is 0 Å². The number of hydrogen-bond acceptors (Lipinski definition) is 2. The van der Waals surface area contributed by atoms with Crippen LogP contribution in [0.15, 0.2) is 0 Å². The van der Waals surface area contributed by atoms with Gasteiger partial charge >= 0.3 is 12.4 Å². The van der Waals surface area contributed by atoms with Crippen molar-refractivity contribution in [1.82, 2.24) is 5.32 Å². The number of ether oxygens (including phenoxy) is 1. The maximum Gasteiger partial charge on any atom is 0.423 e. The molecule has 0 radical (unpaired) electrons. The van der Waals surface area contributed by atoms with E-state index in [0.29, 0.717) is 12.5 Å². The molecule has 8 heteroatoms. The highest BCUT2D eigenvalue weighted by Crippen LogP contribution is 2.36. The topological polar surface area (TPSA) is 21.3 Å². The minimum Gasteiger partial charge on any atom is -0.357 e. The summed E-state index contributed by atoms with van der Waals surface area (Å²) in [5, 5.41) is 2.77. The van der Waals surface area contributed by atoms with Gasteiger partial charge in [0.15, 0.2) is 0 Å². The highest BCUT2D eigenvalue weighted by molar-refractivity contribution is 4.77. The Labute approximate surface area is 108 Å². The van der Waals surface area contributed by atoms with Crippen LogP contribution in [0.2, 0.25) is 0 Å². The molecule has 0 aliphatic carbocycles. The number of alkyl halides is 6. The number of rotatable bonds is 7. The van der Waals surface area contributed by atoms with Gasteiger partial charge in [0, 0.05) is 6.54 Å². The van der Waals surface area contributed by atoms with Crippen molar-refractivity contribution in [2.24, 2.45) is 5.92 Å². The molecule has 0 bridgehead atoms. The molecule has 0 aliphatic rings. The van der Waals surface area contributed by atoms with E-state index in [2.05, 4.69) is 10.1 Å². The molecule has 0 saturated heterocycles. The molecular weight excluding hydrogens is 276 g/mol. The molecule has 0 fully saturated rings. The second-order valence-corrected chi connectivity index (χ2v) is 4.80. The Kier molecular flexibility index (Phi) is 7.13. The van der Waals surface area contributed by atoms with E-state index >= 15 is 0 Å². The van der Waals surface area contributed by atoms with Crippen LogP contribution in [0.1, 0.15) is 27.2 Å². The summed E-state index contributed by atoms with van der Waals surface area (Å²) in [5.74, 6) is 0.404. The lowest BCUT2D eigenvalue weighted by molar-refractivity contribution is -0.329. The predicted octanol–water partition coefficient (Wildman–Crippen LogP) is 3.52. The summed E-state index contributed by atoms with van der Waals surface area (Å²) in [6.45, 7) is 5.56. The molecular formula is C11H19F6NO. The summed E-state index contributed by atoms with van der Waals surface area (Å²) in [7, 11) is 0. The molecule has 1 unspecified atom stereocenters. The Morgan fingerprint density at radius 3 is 1.79 bits per heavy atom. The van der Waals surface area contributed by atoms with Crippen LogP contribution in [-0.2, 0) is 4.74 Å². The van der Waals surface area contributed by atoms with Gasteiger partial charge in [-0.15, -0.1) is 0 Å². The van der Waals surface area contributed by atoms with Crippen molar-refractivity contribution in [1.29, 1.82) is 0 Å². The minimum absolute atomic E-state index is 0.0601. The normalized spacial score (nSPS) is 15.3. The summed E-state index contributed by atoms with van der Waals surface area (Å²) < 4.78 is 77.3. The lowest BCUT2D eigenvalue weighted by Crippen LogP contribution is -2.47. The number of nitrogens with one attached hydrogen (secondary N) is 1. The zero-order chi connectivity index (χ0) is 15.3. The molecule has 0 aromatic carbocycles. The Bertz CT molecular complexity index is 237. The summed E-state index contributed by atoms with van der Waals surface area (Å²) >= 11 is 0. The van der Waals surface area contributed by atoms with Crippen molar-refractivity contribution < 1.29 is 31.1 Å². The first-order chi connectivity index (χ1) is 8.44. The largest absolute Gasteiger partial charge is 0.423 e. The van der Waals surface area contributed by atoms with Crippen LogP contribution in [0.25, 0.3) is 0 Å². The van der Waals surface area contributed by atoms with E-state index in [1.54, 1.807) is 0 Å². The summed E-state index contributed by atoms with van der Waals surface area (Å²) in [5.41, 5.74) is 0. The van der Waals surface area contributed by atoms with E-state index in [0.717, 1.165) is 6.42 Å². The maximum absolute atomic E-state index is 12.2. The van der Waals surface area contributed by atoms with Crippen molar-refractivity contribution in [3.05, 3.63) is 0 Å². The Morgan fingerprint density at radius 1 is 0.947 bits per heavy atom. The Morgan fingerprint density at radius 2 is 1.42 bits per heavy atom. The molecule has 116 valence electrons. The third-order valence-corrected chi connectivity index (χ3v) is 2.29. The first-order valence-electron chi connectivity index (χ1n) is 5.94. The van der Waals surface area contributed by atoms with Gasteiger partial charge in [0.05, 0.1) is 6.10 Å². The molecule has 0 amide bonds. The van der Waals surface area contributed by atoms with E-state index in [-0.39, 0.29) is 6.54 Å². The van der Waals surface area contributed by atoms with Crippen molar-refractivity contribution in [3.8, 4) is 0 Å². The van der Waals surface area contributed by atoms with Gasteiger partial charge in [0.2, 0.25) is 6.10 Å². The molecule has 0 aromatic rings. The van der Waals surface area contributed by atoms with Gasteiger partial charge in [0.25, 0.3) is 0 Å². The molecule has 2 nitrogen and oxygen atoms in total. The van der Waals surface area contributed by atoms with Crippen LogP contribution in [0, 0.1) is 5.92 Å². The summed E-state index contributed by atoms with van der Waals surface area (Å²) in [4.78, 5) is 0. The maximum atomic E-state index is 12.2. The average molecular weight is 295 g/mol. The third-order valence-electron chi connectivity index (χ3n) is 2.29. The predicted molar refractivity (Wildman–Crippen MR) is 58.8 cm³/mol. The smallest absolute Gasteiger partial charge is 0.357 e. The monoisotopic (exact) mass is 295 g/mol. The standard InChI is InChI=1S/C11H19F6NO/c1-7(2)4-5-18-6-8(3)19-9(10(12,13)14)11(15,16)17/h7-9,18H,4-6H2,1-3H3. The van der Waals surface area contributed by atoms with Crippen molar-refractivity contribution in [3.63, 3.8) is 0 Å². The van der Waals surface area contributed by atoms with Gasteiger partial charge in [-0.1, -0.05) is 13.8 Å². The van der Waals surface area contributed by atoms with E-state index in [1.807, 2.05) is 13.8 Å². The fourth-order valence-electron chi connectivity index (χ4n) is 1.32. The molecule has 0 heterocycles. The first-order valence-corrected chi connectivity index (χ1v) is 5.94. The van der Waals surface area contributed by atoms with Crippen molar-refractivity contribution in [2.75, 3.05) is 13.1 Å². The quantitative estimate of drug-likeness (QED) is 0.573. The van der Waals surface area contributed by atoms with Gasteiger partial charge < -0.3 is 10.1 Å². The second-order valence-electron chi connectivity index (χ2n) is 4.80. The second kappa shape index (κ2) is 7.33. The lowest BCUT2D eigenvalue weighted by atomic mass is 10.1. The molecule has 0 spiro atoms. The first kappa shape index (κ1) is 18.5. The highest BCUT2D eigenvalue weighted by atomic mass is 19.4. The number of hydrogen-bond donors (Lipinski definition) is 1. The molecule has 0 aromatic heterocycles. The molecule has 1 atom stereocenters. The van der Waals surface area contributed by atoms with Crippen LogP contribution < -0.4 is 5.32 Å².